The van der Waals surface area contributed by atoms with Gasteiger partial charge < -0.3 is 11.5 Å². The highest BCUT2D eigenvalue weighted by Crippen LogP contribution is 2.18. The number of nitrogens with two attached hydrogens (primary N) is 2. The van der Waals surface area contributed by atoms with Crippen LogP contribution in [0.25, 0.3) is 0 Å². The maximum absolute atomic E-state index is 10.7. The van der Waals surface area contributed by atoms with Gasteiger partial charge in [-0.2, -0.15) is 0 Å². The molecule has 55 heavy (non-hydrogen) atoms. The van der Waals surface area contributed by atoms with E-state index in [0.29, 0.717) is 12.8 Å². The van der Waals surface area contributed by atoms with Gasteiger partial charge in [0.25, 0.3) is 0 Å². The van der Waals surface area contributed by atoms with Crippen LogP contribution in [0.1, 0.15) is 315 Å². The Kier molecular flexibility index (Phi) is 48.1. The van der Waals surface area contributed by atoms with Crippen molar-refractivity contribution < 1.29 is 9.59 Å². The third-order valence-corrected chi connectivity index (χ3v) is 12.3. The Morgan fingerprint density at radius 1 is 0.164 bits per heavy atom. The Bertz CT molecular complexity index is 680. The molecule has 4 N–H and O–H groups in total. The van der Waals surface area contributed by atoms with Crippen molar-refractivity contribution in [2.24, 2.45) is 11.5 Å². The fourth-order valence-corrected chi connectivity index (χ4v) is 8.55. The zero-order valence-corrected chi connectivity index (χ0v) is 37.6. The van der Waals surface area contributed by atoms with E-state index in [0.717, 1.165) is 12.8 Å². The second-order valence-corrected chi connectivity index (χ2v) is 18.0. The number of unbranched alkanes of at least 4 members (excludes halogenated alkanes) is 46. The average molecular weight is 775 g/mol. The molecular formula is C51H102N2O2. The molecule has 0 aromatic rings. The maximum Gasteiger partial charge on any atom is 0.217 e. The van der Waals surface area contributed by atoms with Crippen molar-refractivity contribution in [3.63, 3.8) is 0 Å². The molecule has 0 atom stereocenters. The topological polar surface area (TPSA) is 86.2 Å². The number of hydrogen-bond acceptors (Lipinski definition) is 2. The highest BCUT2D eigenvalue weighted by molar-refractivity contribution is 5.73. The zero-order valence-electron chi connectivity index (χ0n) is 37.6. The van der Waals surface area contributed by atoms with Crippen LogP contribution in [-0.4, -0.2) is 11.8 Å². The van der Waals surface area contributed by atoms with Crippen LogP contribution in [0.3, 0.4) is 0 Å². The smallest absolute Gasteiger partial charge is 0.217 e. The van der Waals surface area contributed by atoms with Gasteiger partial charge in [-0.1, -0.05) is 289 Å². The molecule has 2 amide bonds. The fourth-order valence-electron chi connectivity index (χ4n) is 8.55. The molecular weight excluding hydrogens is 673 g/mol. The molecule has 0 radical (unpaired) electrons. The van der Waals surface area contributed by atoms with E-state index in [1.165, 1.54) is 289 Å². The van der Waals surface area contributed by atoms with Gasteiger partial charge >= 0.3 is 0 Å². The van der Waals surface area contributed by atoms with Gasteiger partial charge in [0.1, 0.15) is 0 Å². The Labute approximate surface area is 346 Å². The minimum absolute atomic E-state index is 0.149. The van der Waals surface area contributed by atoms with Crippen LogP contribution in [0, 0.1) is 0 Å². The van der Waals surface area contributed by atoms with Gasteiger partial charge in [0, 0.05) is 12.8 Å². The minimum Gasteiger partial charge on any atom is -0.370 e. The number of primary amides is 2. The van der Waals surface area contributed by atoms with Gasteiger partial charge in [-0.05, 0) is 12.8 Å². The molecule has 0 aliphatic heterocycles. The Hall–Kier alpha value is -1.06. The molecule has 0 aromatic carbocycles. The van der Waals surface area contributed by atoms with Gasteiger partial charge in [-0.25, -0.2) is 0 Å². The molecule has 4 nitrogen and oxygen atoms in total. The van der Waals surface area contributed by atoms with Crippen molar-refractivity contribution >= 4 is 11.8 Å². The van der Waals surface area contributed by atoms with E-state index in [2.05, 4.69) is 0 Å². The highest BCUT2D eigenvalue weighted by atomic mass is 16.1. The molecule has 0 saturated carbocycles. The van der Waals surface area contributed by atoms with Crippen molar-refractivity contribution in [1.82, 2.24) is 0 Å². The fraction of sp³-hybridized carbons (Fsp3) is 0.961. The van der Waals surface area contributed by atoms with E-state index in [4.69, 9.17) is 11.5 Å². The first kappa shape index (κ1) is 53.9. The molecule has 0 spiro atoms. The summed E-state index contributed by atoms with van der Waals surface area (Å²) in [5, 5.41) is 0. The minimum atomic E-state index is -0.149. The molecule has 0 bridgehead atoms. The molecule has 328 valence electrons. The quantitative estimate of drug-likeness (QED) is 0.0603. The van der Waals surface area contributed by atoms with Crippen LogP contribution in [0.4, 0.5) is 0 Å². The number of amides is 2. The Morgan fingerprint density at radius 3 is 0.309 bits per heavy atom. The summed E-state index contributed by atoms with van der Waals surface area (Å²) in [6.07, 6.45) is 67.3. The second kappa shape index (κ2) is 49.1. The number of carbonyl (C=O) groups excluding carboxylic acids is 2. The summed E-state index contributed by atoms with van der Waals surface area (Å²) in [5.74, 6) is -0.297. The lowest BCUT2D eigenvalue weighted by molar-refractivity contribution is -0.119. The van der Waals surface area contributed by atoms with E-state index >= 15 is 0 Å². The molecule has 0 rings (SSSR count). The Balaban J connectivity index is 3.06. The number of rotatable bonds is 50. The molecule has 4 heteroatoms. The lowest BCUT2D eigenvalue weighted by atomic mass is 10.0. The normalized spacial score (nSPS) is 11.5. The van der Waals surface area contributed by atoms with E-state index in [1.807, 2.05) is 0 Å². The molecule has 0 saturated heterocycles. The summed E-state index contributed by atoms with van der Waals surface area (Å²) in [6, 6.07) is 0. The van der Waals surface area contributed by atoms with Crippen LogP contribution in [-0.2, 0) is 9.59 Å². The lowest BCUT2D eigenvalue weighted by Crippen LogP contribution is -2.09. The third kappa shape index (κ3) is 52.9. The lowest BCUT2D eigenvalue weighted by Gasteiger charge is -2.05. The monoisotopic (exact) mass is 775 g/mol. The summed E-state index contributed by atoms with van der Waals surface area (Å²) in [6.45, 7) is 0. The summed E-state index contributed by atoms with van der Waals surface area (Å²) in [4.78, 5) is 21.5. The van der Waals surface area contributed by atoms with Crippen molar-refractivity contribution in [1.29, 1.82) is 0 Å². The van der Waals surface area contributed by atoms with Crippen molar-refractivity contribution in [3.05, 3.63) is 0 Å². The van der Waals surface area contributed by atoms with E-state index in [1.54, 1.807) is 0 Å². The first-order valence-corrected chi connectivity index (χ1v) is 25.7. The zero-order chi connectivity index (χ0) is 39.8. The van der Waals surface area contributed by atoms with Crippen LogP contribution in [0.15, 0.2) is 0 Å². The second-order valence-electron chi connectivity index (χ2n) is 18.0. The molecule has 0 heterocycles. The van der Waals surface area contributed by atoms with Crippen LogP contribution >= 0.6 is 0 Å². The maximum atomic E-state index is 10.7. The third-order valence-electron chi connectivity index (χ3n) is 12.3. The average Bonchev–Trinajstić information content (AvgIpc) is 3.17. The highest BCUT2D eigenvalue weighted by Gasteiger charge is 2.00. The predicted molar refractivity (Wildman–Crippen MR) is 245 cm³/mol. The SMILES string of the molecule is NC(=O)CCCCCCCCCCCCCCCCCCCCCCCCCCCCCCCCCCCCCCCCCCCCCCCCCC(N)=O. The van der Waals surface area contributed by atoms with E-state index in [-0.39, 0.29) is 11.8 Å². The standard InChI is InChI=1S/C51H102N2O2/c52-50(54)48-46-44-42-40-38-36-34-32-30-28-26-24-22-20-18-16-14-12-10-8-6-4-2-1-3-5-7-9-11-13-15-17-19-21-23-25-27-29-31-33-35-37-39-41-43-45-47-49-51(53)55/h1-49H2,(H2,52,54)(H2,53,55). The van der Waals surface area contributed by atoms with Gasteiger partial charge in [-0.15, -0.1) is 0 Å². The summed E-state index contributed by atoms with van der Waals surface area (Å²) >= 11 is 0. The van der Waals surface area contributed by atoms with Crippen LogP contribution in [0.2, 0.25) is 0 Å². The van der Waals surface area contributed by atoms with Gasteiger partial charge in [0.05, 0.1) is 0 Å². The summed E-state index contributed by atoms with van der Waals surface area (Å²) in [5.41, 5.74) is 10.4. The van der Waals surface area contributed by atoms with Gasteiger partial charge in [0.2, 0.25) is 11.8 Å². The van der Waals surface area contributed by atoms with Crippen LogP contribution in [0.5, 0.6) is 0 Å². The largest absolute Gasteiger partial charge is 0.370 e. The molecule has 0 fully saturated rings. The summed E-state index contributed by atoms with van der Waals surface area (Å²) in [7, 11) is 0. The molecule has 0 aliphatic rings. The first-order chi connectivity index (χ1) is 27.1. The summed E-state index contributed by atoms with van der Waals surface area (Å²) < 4.78 is 0. The van der Waals surface area contributed by atoms with Crippen molar-refractivity contribution in [2.75, 3.05) is 0 Å². The van der Waals surface area contributed by atoms with Gasteiger partial charge in [-0.3, -0.25) is 9.59 Å². The first-order valence-electron chi connectivity index (χ1n) is 25.7. The number of carbonyl (C=O) groups is 2. The molecule has 0 aromatic heterocycles. The molecule has 0 aliphatic carbocycles. The van der Waals surface area contributed by atoms with Crippen LogP contribution < -0.4 is 11.5 Å². The number of hydrogen-bond donors (Lipinski definition) is 2. The predicted octanol–water partition coefficient (Wildman–Crippen LogP) is 17.1. The van der Waals surface area contributed by atoms with Crippen molar-refractivity contribution in [3.8, 4) is 0 Å². The molecule has 0 unspecified atom stereocenters. The van der Waals surface area contributed by atoms with Gasteiger partial charge in [0.15, 0.2) is 0 Å². The van der Waals surface area contributed by atoms with E-state index in [9.17, 15) is 9.59 Å². The van der Waals surface area contributed by atoms with E-state index < -0.39 is 0 Å². The Morgan fingerprint density at radius 2 is 0.236 bits per heavy atom. The van der Waals surface area contributed by atoms with Crippen molar-refractivity contribution in [2.45, 2.75) is 315 Å².